The molecule has 0 spiro atoms. The van der Waals surface area contributed by atoms with E-state index in [-0.39, 0.29) is 23.9 Å². The highest BCUT2D eigenvalue weighted by molar-refractivity contribution is 14.1. The van der Waals surface area contributed by atoms with Crippen LogP contribution >= 0.6 is 22.6 Å². The maximum atomic E-state index is 10.9. The number of halogens is 1. The largest absolute Gasteiger partial charge is 0.508 e. The average molecular weight is 682 g/mol. The number of carboxylic acids is 2. The summed E-state index contributed by atoms with van der Waals surface area (Å²) in [6.45, 7) is 3.95. The van der Waals surface area contributed by atoms with E-state index in [1.165, 1.54) is 12.1 Å². The van der Waals surface area contributed by atoms with E-state index < -0.39 is 11.9 Å². The maximum Gasteiger partial charge on any atom is 0.371 e. The van der Waals surface area contributed by atoms with Gasteiger partial charge in [-0.15, -0.1) is 0 Å². The van der Waals surface area contributed by atoms with E-state index in [2.05, 4.69) is 22.6 Å². The minimum Gasteiger partial charge on any atom is -0.508 e. The van der Waals surface area contributed by atoms with Crippen molar-refractivity contribution in [3.05, 3.63) is 123 Å². The van der Waals surface area contributed by atoms with Crippen molar-refractivity contribution >= 4 is 34.5 Å². The summed E-state index contributed by atoms with van der Waals surface area (Å²) in [6.07, 6.45) is 0. The number of aromatic carboxylic acids is 2. The highest BCUT2D eigenvalue weighted by Gasteiger charge is 2.14. The zero-order chi connectivity index (χ0) is 30.2. The van der Waals surface area contributed by atoms with Crippen LogP contribution in [0.5, 0.6) is 17.2 Å². The number of carboxylic acid groups (broad SMARTS) is 2. The highest BCUT2D eigenvalue weighted by atomic mass is 127. The second kappa shape index (κ2) is 13.8. The maximum absolute atomic E-state index is 10.9. The Balaban J connectivity index is 0.000000201. The van der Waals surface area contributed by atoms with Crippen LogP contribution in [0.4, 0.5) is 0 Å². The number of aryl methyl sites for hydroxylation is 2. The predicted molar refractivity (Wildman–Crippen MR) is 162 cm³/mol. The molecule has 5 rings (SSSR count). The van der Waals surface area contributed by atoms with Crippen LogP contribution in [0.25, 0.3) is 11.1 Å². The van der Waals surface area contributed by atoms with Gasteiger partial charge in [0.25, 0.3) is 0 Å². The Morgan fingerprint density at radius 2 is 1.17 bits per heavy atom. The fourth-order valence-corrected chi connectivity index (χ4v) is 4.18. The number of carbonyl (C=O) groups is 2. The number of aromatic hydroxyl groups is 1. The molecule has 0 aliphatic rings. The van der Waals surface area contributed by atoms with Gasteiger partial charge in [-0.1, -0.05) is 24.3 Å². The fraction of sp³-hybridized carbons (Fsp3) is 0.125. The van der Waals surface area contributed by atoms with E-state index in [4.69, 9.17) is 28.5 Å². The zero-order valence-electron chi connectivity index (χ0n) is 22.7. The van der Waals surface area contributed by atoms with Gasteiger partial charge < -0.3 is 33.6 Å². The van der Waals surface area contributed by atoms with Crippen molar-refractivity contribution < 1.29 is 43.2 Å². The summed E-state index contributed by atoms with van der Waals surface area (Å²) in [5.74, 6) is 0.404. The third-order valence-electron chi connectivity index (χ3n) is 6.10. The number of hydrogen-bond donors (Lipinski definition) is 3. The predicted octanol–water partition coefficient (Wildman–Crippen LogP) is 7.71. The van der Waals surface area contributed by atoms with Crippen molar-refractivity contribution in [2.24, 2.45) is 0 Å². The van der Waals surface area contributed by atoms with Gasteiger partial charge >= 0.3 is 11.9 Å². The van der Waals surface area contributed by atoms with Crippen LogP contribution in [0.3, 0.4) is 0 Å². The normalized spacial score (nSPS) is 10.5. The summed E-state index contributed by atoms with van der Waals surface area (Å²) in [5.41, 5.74) is 3.32. The molecule has 9 nitrogen and oxygen atoms in total. The first-order valence-electron chi connectivity index (χ1n) is 12.6. The van der Waals surface area contributed by atoms with Gasteiger partial charge in [0.1, 0.15) is 42.0 Å². The van der Waals surface area contributed by atoms with Gasteiger partial charge in [-0.25, -0.2) is 9.59 Å². The van der Waals surface area contributed by atoms with Gasteiger partial charge in [0, 0.05) is 14.7 Å². The first-order valence-corrected chi connectivity index (χ1v) is 13.7. The lowest BCUT2D eigenvalue weighted by Gasteiger charge is -2.07. The van der Waals surface area contributed by atoms with Crippen molar-refractivity contribution in [1.82, 2.24) is 0 Å². The number of rotatable bonds is 9. The second-order valence-corrected chi connectivity index (χ2v) is 10.3. The van der Waals surface area contributed by atoms with Crippen LogP contribution in [0.15, 0.2) is 93.8 Å². The quantitative estimate of drug-likeness (QED) is 0.133. The first kappa shape index (κ1) is 30.3. The molecule has 0 amide bonds. The molecule has 0 bridgehead atoms. The van der Waals surface area contributed by atoms with Crippen molar-refractivity contribution in [1.29, 1.82) is 0 Å². The number of ether oxygens (including phenoxy) is 2. The molecule has 0 radical (unpaired) electrons. The lowest BCUT2D eigenvalue weighted by atomic mass is 10.1. The number of benzene rings is 3. The van der Waals surface area contributed by atoms with E-state index in [9.17, 15) is 14.7 Å². The minimum atomic E-state index is -1.10. The van der Waals surface area contributed by atoms with Crippen LogP contribution in [0.2, 0.25) is 0 Å². The number of phenolic OH excluding ortho intramolecular Hbond substituents is 1. The molecule has 0 saturated carbocycles. The molecule has 0 aliphatic carbocycles. The topological polar surface area (TPSA) is 140 Å². The van der Waals surface area contributed by atoms with Gasteiger partial charge in [-0.3, -0.25) is 0 Å². The van der Waals surface area contributed by atoms with Crippen molar-refractivity contribution in [3.8, 4) is 28.4 Å². The van der Waals surface area contributed by atoms with Crippen molar-refractivity contribution in [2.75, 3.05) is 0 Å². The second-order valence-electron chi connectivity index (χ2n) is 9.10. The third-order valence-corrected chi connectivity index (χ3v) is 6.82. The standard InChI is InChI=1S/C19H16O5.C13H11IO4/c1-12-15(10-18(24-12)19(21)22)11-23-17-7-5-13(6-8-17)14-3-2-4-16(20)9-14;1-8-9(6-12(18-8)13(15)16)7-17-11-4-2-10(14)3-5-11/h2-10,20H,11H2,1H3,(H,21,22);2-6H,7H2,1H3,(H,15,16). The molecule has 216 valence electrons. The lowest BCUT2D eigenvalue weighted by Crippen LogP contribution is -1.96. The number of hydrogen-bond acceptors (Lipinski definition) is 7. The van der Waals surface area contributed by atoms with Gasteiger partial charge in [0.05, 0.1) is 0 Å². The SMILES string of the molecule is Cc1oc(C(=O)O)cc1COc1ccc(-c2cccc(O)c2)cc1.Cc1oc(C(=O)O)cc1COc1ccc(I)cc1. The molecule has 0 aliphatic heterocycles. The summed E-state index contributed by atoms with van der Waals surface area (Å²) < 4.78 is 22.6. The van der Waals surface area contributed by atoms with Crippen LogP contribution in [-0.4, -0.2) is 27.3 Å². The van der Waals surface area contributed by atoms with Crippen molar-refractivity contribution in [2.45, 2.75) is 27.1 Å². The fourth-order valence-electron chi connectivity index (χ4n) is 3.82. The van der Waals surface area contributed by atoms with E-state index >= 15 is 0 Å². The average Bonchev–Trinajstić information content (AvgIpc) is 3.54. The molecule has 10 heteroatoms. The molecule has 3 aromatic carbocycles. The molecular weight excluding hydrogens is 655 g/mol. The van der Waals surface area contributed by atoms with E-state index in [1.54, 1.807) is 32.0 Å². The Morgan fingerprint density at radius 1 is 0.690 bits per heavy atom. The molecule has 3 N–H and O–H groups in total. The number of phenols is 1. The molecule has 2 aromatic heterocycles. The Labute approximate surface area is 255 Å². The summed E-state index contributed by atoms with van der Waals surface area (Å²) in [6, 6.07) is 25.1. The van der Waals surface area contributed by atoms with Gasteiger partial charge in [0.2, 0.25) is 11.5 Å². The van der Waals surface area contributed by atoms with Crippen LogP contribution in [0, 0.1) is 17.4 Å². The van der Waals surface area contributed by atoms with Crippen LogP contribution in [-0.2, 0) is 13.2 Å². The van der Waals surface area contributed by atoms with E-state index in [0.717, 1.165) is 26.0 Å². The van der Waals surface area contributed by atoms with Gasteiger partial charge in [0.15, 0.2) is 0 Å². The Morgan fingerprint density at radius 3 is 1.60 bits per heavy atom. The molecule has 2 heterocycles. The monoisotopic (exact) mass is 682 g/mol. The Bertz CT molecular complexity index is 1670. The number of furan rings is 2. The lowest BCUT2D eigenvalue weighted by molar-refractivity contribution is 0.0651. The van der Waals surface area contributed by atoms with Crippen LogP contribution in [0.1, 0.15) is 43.8 Å². The molecule has 42 heavy (non-hydrogen) atoms. The van der Waals surface area contributed by atoms with Crippen molar-refractivity contribution in [3.63, 3.8) is 0 Å². The molecular formula is C32H27IO9. The summed E-state index contributed by atoms with van der Waals surface area (Å²) in [5, 5.41) is 27.2. The third kappa shape index (κ3) is 8.16. The molecule has 0 unspecified atom stereocenters. The molecule has 0 saturated heterocycles. The van der Waals surface area contributed by atoms with Gasteiger partial charge in [-0.2, -0.15) is 0 Å². The molecule has 0 atom stereocenters. The summed E-state index contributed by atoms with van der Waals surface area (Å²) in [7, 11) is 0. The minimum absolute atomic E-state index is 0.0614. The van der Waals surface area contributed by atoms with E-state index in [1.807, 2.05) is 54.6 Å². The smallest absolute Gasteiger partial charge is 0.371 e. The van der Waals surface area contributed by atoms with E-state index in [0.29, 0.717) is 29.4 Å². The summed E-state index contributed by atoms with van der Waals surface area (Å²) in [4.78, 5) is 21.6. The highest BCUT2D eigenvalue weighted by Crippen LogP contribution is 2.26. The molecule has 0 fully saturated rings. The van der Waals surface area contributed by atoms with Gasteiger partial charge in [-0.05, 0) is 108 Å². The Hall–Kier alpha value is -4.71. The zero-order valence-corrected chi connectivity index (χ0v) is 24.8. The Kier molecular flexibility index (Phi) is 9.92. The summed E-state index contributed by atoms with van der Waals surface area (Å²) >= 11 is 2.22. The molecule has 5 aromatic rings. The first-order chi connectivity index (χ1) is 20.1. The van der Waals surface area contributed by atoms with Crippen LogP contribution < -0.4 is 9.47 Å².